The summed E-state index contributed by atoms with van der Waals surface area (Å²) in [5.74, 6) is -1.86. The Morgan fingerprint density at radius 2 is 2.15 bits per heavy atom. The van der Waals surface area contributed by atoms with Crippen LogP contribution in [-0.2, 0) is 0 Å². The maximum absolute atomic E-state index is 13.3. The van der Waals surface area contributed by atoms with Crippen molar-refractivity contribution >= 4 is 17.7 Å². The van der Waals surface area contributed by atoms with Gasteiger partial charge in [-0.25, -0.2) is 9.18 Å². The predicted octanol–water partition coefficient (Wildman–Crippen LogP) is 2.55. The number of carboxylic acid groups (broad SMARTS) is 1. The van der Waals surface area contributed by atoms with Crippen molar-refractivity contribution in [3.05, 3.63) is 29.1 Å². The van der Waals surface area contributed by atoms with Crippen molar-refractivity contribution in [2.75, 3.05) is 6.26 Å². The van der Waals surface area contributed by atoms with E-state index >= 15 is 0 Å². The highest BCUT2D eigenvalue weighted by molar-refractivity contribution is 7.98. The molecule has 0 aliphatic heterocycles. The summed E-state index contributed by atoms with van der Waals surface area (Å²) in [6, 6.07) is 3.19. The summed E-state index contributed by atoms with van der Waals surface area (Å²) < 4.78 is 13.3. The van der Waals surface area contributed by atoms with Gasteiger partial charge in [-0.05, 0) is 24.8 Å². The van der Waals surface area contributed by atoms with Crippen LogP contribution in [-0.4, -0.2) is 17.3 Å². The molecule has 0 radical (unpaired) electrons. The normalized spacial score (nSPS) is 10.1. The van der Waals surface area contributed by atoms with Crippen LogP contribution in [0.3, 0.4) is 0 Å². The van der Waals surface area contributed by atoms with E-state index in [2.05, 4.69) is 0 Å². The molecular weight excluding hydrogens is 191 g/mol. The van der Waals surface area contributed by atoms with E-state index in [1.54, 1.807) is 25.3 Å². The Kier molecular flexibility index (Phi) is 2.93. The highest BCUT2D eigenvalue weighted by Gasteiger charge is 2.16. The lowest BCUT2D eigenvalue weighted by atomic mass is 10.1. The standard InChI is InChI=1S/C9H9FO2S/c1-5-3-4-6(13-2)7(8(5)10)9(11)12/h3-4H,1-2H3,(H,11,12). The van der Waals surface area contributed by atoms with E-state index in [1.807, 2.05) is 0 Å². The molecule has 70 valence electrons. The van der Waals surface area contributed by atoms with Crippen LogP contribution in [0.4, 0.5) is 4.39 Å². The molecule has 4 heteroatoms. The van der Waals surface area contributed by atoms with Crippen LogP contribution in [0.1, 0.15) is 15.9 Å². The van der Waals surface area contributed by atoms with Gasteiger partial charge in [0.25, 0.3) is 0 Å². The lowest BCUT2D eigenvalue weighted by Gasteiger charge is -2.05. The Hall–Kier alpha value is -1.03. The maximum atomic E-state index is 13.3. The zero-order valence-electron chi connectivity index (χ0n) is 7.30. The zero-order chi connectivity index (χ0) is 10.0. The minimum Gasteiger partial charge on any atom is -0.478 e. The monoisotopic (exact) mass is 200 g/mol. The Morgan fingerprint density at radius 3 is 2.62 bits per heavy atom. The van der Waals surface area contributed by atoms with E-state index in [9.17, 15) is 9.18 Å². The zero-order valence-corrected chi connectivity index (χ0v) is 8.11. The summed E-state index contributed by atoms with van der Waals surface area (Å²) in [6.45, 7) is 1.55. The molecule has 0 saturated carbocycles. The number of rotatable bonds is 2. The number of carboxylic acids is 1. The van der Waals surface area contributed by atoms with Gasteiger partial charge < -0.3 is 5.11 Å². The Balaban J connectivity index is 3.41. The second kappa shape index (κ2) is 3.79. The molecule has 0 spiro atoms. The van der Waals surface area contributed by atoms with Gasteiger partial charge in [-0.3, -0.25) is 0 Å². The molecule has 0 amide bonds. The van der Waals surface area contributed by atoms with Gasteiger partial charge in [-0.15, -0.1) is 11.8 Å². The Labute approximate surface area is 79.8 Å². The summed E-state index contributed by atoms with van der Waals surface area (Å²) in [7, 11) is 0. The molecule has 0 saturated heterocycles. The first-order valence-electron chi connectivity index (χ1n) is 3.64. The number of thioether (sulfide) groups is 1. The molecule has 1 rings (SSSR count). The van der Waals surface area contributed by atoms with Crippen LogP contribution >= 0.6 is 11.8 Å². The van der Waals surface area contributed by atoms with Gasteiger partial charge in [0.1, 0.15) is 11.4 Å². The first-order chi connectivity index (χ1) is 6.07. The van der Waals surface area contributed by atoms with Crippen molar-refractivity contribution < 1.29 is 14.3 Å². The third-order valence-electron chi connectivity index (χ3n) is 1.73. The highest BCUT2D eigenvalue weighted by Crippen LogP contribution is 2.24. The average molecular weight is 200 g/mol. The maximum Gasteiger partial charge on any atom is 0.339 e. The van der Waals surface area contributed by atoms with Crippen molar-refractivity contribution in [1.82, 2.24) is 0 Å². The number of carbonyl (C=O) groups is 1. The fourth-order valence-electron chi connectivity index (χ4n) is 1.03. The number of hydrogen-bond acceptors (Lipinski definition) is 2. The number of hydrogen-bond donors (Lipinski definition) is 1. The Bertz CT molecular complexity index is 350. The lowest BCUT2D eigenvalue weighted by molar-refractivity contribution is 0.0687. The van der Waals surface area contributed by atoms with Crippen molar-refractivity contribution in [3.63, 3.8) is 0 Å². The summed E-state index contributed by atoms with van der Waals surface area (Å²) in [4.78, 5) is 11.2. The highest BCUT2D eigenvalue weighted by atomic mass is 32.2. The summed E-state index contributed by atoms with van der Waals surface area (Å²) in [5.41, 5.74) is 0.128. The molecule has 1 aromatic carbocycles. The van der Waals surface area contributed by atoms with Gasteiger partial charge in [0.2, 0.25) is 0 Å². The van der Waals surface area contributed by atoms with Crippen molar-refractivity contribution in [1.29, 1.82) is 0 Å². The van der Waals surface area contributed by atoms with Crippen LogP contribution in [0, 0.1) is 12.7 Å². The van der Waals surface area contributed by atoms with Gasteiger partial charge in [-0.2, -0.15) is 0 Å². The van der Waals surface area contributed by atoms with Gasteiger partial charge in [-0.1, -0.05) is 6.07 Å². The fraction of sp³-hybridized carbons (Fsp3) is 0.222. The molecule has 0 aliphatic rings. The molecule has 0 aliphatic carbocycles. The molecule has 2 nitrogen and oxygen atoms in total. The second-order valence-corrected chi connectivity index (χ2v) is 3.43. The molecule has 0 aromatic heterocycles. The largest absolute Gasteiger partial charge is 0.478 e. The molecule has 0 heterocycles. The van der Waals surface area contributed by atoms with E-state index in [0.29, 0.717) is 10.5 Å². The molecule has 1 aromatic rings. The lowest BCUT2D eigenvalue weighted by Crippen LogP contribution is -2.04. The molecule has 0 atom stereocenters. The quantitative estimate of drug-likeness (QED) is 0.745. The minimum absolute atomic E-state index is 0.229. The molecule has 1 N–H and O–H groups in total. The number of aromatic carboxylic acids is 1. The number of benzene rings is 1. The van der Waals surface area contributed by atoms with E-state index in [0.717, 1.165) is 0 Å². The topological polar surface area (TPSA) is 37.3 Å². The van der Waals surface area contributed by atoms with E-state index < -0.39 is 11.8 Å². The molecule has 0 unspecified atom stereocenters. The van der Waals surface area contributed by atoms with Crippen LogP contribution in [0.5, 0.6) is 0 Å². The molecule has 13 heavy (non-hydrogen) atoms. The van der Waals surface area contributed by atoms with Crippen LogP contribution in [0.25, 0.3) is 0 Å². The van der Waals surface area contributed by atoms with E-state index in [-0.39, 0.29) is 5.56 Å². The summed E-state index contributed by atoms with van der Waals surface area (Å²) in [5, 5.41) is 8.75. The van der Waals surface area contributed by atoms with Gasteiger partial charge >= 0.3 is 5.97 Å². The Morgan fingerprint density at radius 1 is 1.54 bits per heavy atom. The molecule has 0 fully saturated rings. The van der Waals surface area contributed by atoms with Crippen LogP contribution in [0.15, 0.2) is 17.0 Å². The summed E-state index contributed by atoms with van der Waals surface area (Å²) in [6.07, 6.45) is 1.72. The fourth-order valence-corrected chi connectivity index (χ4v) is 1.62. The van der Waals surface area contributed by atoms with Gasteiger partial charge in [0.15, 0.2) is 0 Å². The third-order valence-corrected chi connectivity index (χ3v) is 2.51. The number of aryl methyl sites for hydroxylation is 1. The second-order valence-electron chi connectivity index (χ2n) is 2.58. The van der Waals surface area contributed by atoms with Gasteiger partial charge in [0, 0.05) is 4.90 Å². The predicted molar refractivity (Wildman–Crippen MR) is 49.9 cm³/mol. The van der Waals surface area contributed by atoms with Gasteiger partial charge in [0.05, 0.1) is 0 Å². The van der Waals surface area contributed by atoms with Crippen molar-refractivity contribution in [2.24, 2.45) is 0 Å². The van der Waals surface area contributed by atoms with Crippen molar-refractivity contribution in [3.8, 4) is 0 Å². The van der Waals surface area contributed by atoms with Crippen LogP contribution in [0.2, 0.25) is 0 Å². The van der Waals surface area contributed by atoms with E-state index in [4.69, 9.17) is 5.11 Å². The molecular formula is C9H9FO2S. The SMILES string of the molecule is CSc1ccc(C)c(F)c1C(=O)O. The first-order valence-corrected chi connectivity index (χ1v) is 4.86. The smallest absolute Gasteiger partial charge is 0.339 e. The van der Waals surface area contributed by atoms with Crippen molar-refractivity contribution in [2.45, 2.75) is 11.8 Å². The summed E-state index contributed by atoms with van der Waals surface area (Å²) >= 11 is 1.23. The van der Waals surface area contributed by atoms with Crippen LogP contribution < -0.4 is 0 Å². The van der Waals surface area contributed by atoms with E-state index in [1.165, 1.54) is 11.8 Å². The number of halogens is 1. The third kappa shape index (κ3) is 1.83. The molecule has 0 bridgehead atoms. The first kappa shape index (κ1) is 10.1. The minimum atomic E-state index is -1.22. The average Bonchev–Trinajstić information content (AvgIpc) is 2.08.